The van der Waals surface area contributed by atoms with Crippen molar-refractivity contribution in [3.8, 4) is 0 Å². The molecule has 1 saturated carbocycles. The van der Waals surface area contributed by atoms with Crippen molar-refractivity contribution in [2.45, 2.75) is 64.0 Å². The third-order valence-electron chi connectivity index (χ3n) is 3.00. The summed E-state index contributed by atoms with van der Waals surface area (Å²) >= 11 is 0. The summed E-state index contributed by atoms with van der Waals surface area (Å²) in [5, 5.41) is 12.2. The Hall–Kier alpha value is 0.430. The van der Waals surface area contributed by atoms with E-state index in [9.17, 15) is 4.79 Å². The molecule has 1 aliphatic rings. The fourth-order valence-corrected chi connectivity index (χ4v) is 2.09. The van der Waals surface area contributed by atoms with E-state index in [2.05, 4.69) is 5.32 Å². The molecule has 84 valence electrons. The van der Waals surface area contributed by atoms with E-state index < -0.39 is 5.97 Å². The summed E-state index contributed by atoms with van der Waals surface area (Å²) in [6.07, 6.45) is 8.06. The van der Waals surface area contributed by atoms with E-state index in [0.29, 0.717) is 12.5 Å². The molecule has 0 aromatic rings. The van der Waals surface area contributed by atoms with Crippen molar-refractivity contribution in [2.24, 2.45) is 0 Å². The van der Waals surface area contributed by atoms with Gasteiger partial charge in [0, 0.05) is 6.04 Å². The number of rotatable bonds is 4. The van der Waals surface area contributed by atoms with Crippen LogP contribution in [0.3, 0.4) is 0 Å². The van der Waals surface area contributed by atoms with E-state index in [1.807, 2.05) is 6.92 Å². The Morgan fingerprint density at radius 3 is 2.27 bits per heavy atom. The monoisotopic (exact) mass is 223 g/mol. The zero-order valence-corrected chi connectivity index (χ0v) is 8.96. The standard InChI is InChI=1S/C11H21NO2.Na.H/c1-2-10(11(13)14)12-9-7-5-3-4-6-8-9;;/h9-10,12H,2-8H2,1H3,(H,13,14);;. The maximum atomic E-state index is 10.8. The summed E-state index contributed by atoms with van der Waals surface area (Å²) in [5.41, 5.74) is 0. The average molecular weight is 223 g/mol. The number of hydrogen-bond acceptors (Lipinski definition) is 2. The van der Waals surface area contributed by atoms with E-state index >= 15 is 0 Å². The van der Waals surface area contributed by atoms with E-state index in [1.165, 1.54) is 25.7 Å². The van der Waals surface area contributed by atoms with Crippen LogP contribution in [0, 0.1) is 0 Å². The number of carbonyl (C=O) groups is 1. The molecule has 0 aromatic carbocycles. The van der Waals surface area contributed by atoms with Gasteiger partial charge in [-0.25, -0.2) is 0 Å². The van der Waals surface area contributed by atoms with Gasteiger partial charge < -0.3 is 10.4 Å². The van der Waals surface area contributed by atoms with Crippen molar-refractivity contribution in [3.05, 3.63) is 0 Å². The molecule has 0 saturated heterocycles. The Morgan fingerprint density at radius 2 is 1.87 bits per heavy atom. The van der Waals surface area contributed by atoms with Crippen molar-refractivity contribution in [2.75, 3.05) is 0 Å². The van der Waals surface area contributed by atoms with Crippen LogP contribution in [0.25, 0.3) is 0 Å². The van der Waals surface area contributed by atoms with Gasteiger partial charge in [-0.15, -0.1) is 0 Å². The van der Waals surface area contributed by atoms with E-state index in [4.69, 9.17) is 5.11 Å². The summed E-state index contributed by atoms with van der Waals surface area (Å²) in [6.45, 7) is 1.92. The third-order valence-corrected chi connectivity index (χ3v) is 3.00. The Balaban J connectivity index is 0.00000196. The van der Waals surface area contributed by atoms with Crippen LogP contribution in [0.5, 0.6) is 0 Å². The topological polar surface area (TPSA) is 49.3 Å². The number of aliphatic carboxylic acids is 1. The zero-order chi connectivity index (χ0) is 10.4. The molecule has 1 atom stereocenters. The molecule has 0 heterocycles. The summed E-state index contributed by atoms with van der Waals surface area (Å²) in [4.78, 5) is 10.8. The van der Waals surface area contributed by atoms with Gasteiger partial charge in [0.05, 0.1) is 0 Å². The van der Waals surface area contributed by atoms with E-state index in [-0.39, 0.29) is 35.6 Å². The molecule has 1 aliphatic carbocycles. The molecular weight excluding hydrogens is 201 g/mol. The van der Waals surface area contributed by atoms with Crippen molar-refractivity contribution < 1.29 is 9.90 Å². The van der Waals surface area contributed by atoms with Crippen molar-refractivity contribution in [1.82, 2.24) is 5.32 Å². The van der Waals surface area contributed by atoms with Crippen LogP contribution in [0.1, 0.15) is 51.9 Å². The Morgan fingerprint density at radius 1 is 1.33 bits per heavy atom. The zero-order valence-electron chi connectivity index (χ0n) is 8.96. The van der Waals surface area contributed by atoms with Gasteiger partial charge in [-0.2, -0.15) is 0 Å². The molecule has 2 N–H and O–H groups in total. The minimum absolute atomic E-state index is 0. The molecule has 1 rings (SSSR count). The van der Waals surface area contributed by atoms with Crippen LogP contribution < -0.4 is 5.32 Å². The van der Waals surface area contributed by atoms with Gasteiger partial charge in [-0.3, -0.25) is 4.79 Å². The van der Waals surface area contributed by atoms with Gasteiger partial charge in [0.1, 0.15) is 6.04 Å². The summed E-state index contributed by atoms with van der Waals surface area (Å²) < 4.78 is 0. The van der Waals surface area contributed by atoms with Crippen molar-refractivity contribution >= 4 is 35.5 Å². The predicted octanol–water partition coefficient (Wildman–Crippen LogP) is 1.51. The molecule has 0 radical (unpaired) electrons. The predicted molar refractivity (Wildman–Crippen MR) is 63.5 cm³/mol. The van der Waals surface area contributed by atoms with Gasteiger partial charge in [0.25, 0.3) is 0 Å². The van der Waals surface area contributed by atoms with Gasteiger partial charge in [-0.1, -0.05) is 32.6 Å². The van der Waals surface area contributed by atoms with Gasteiger partial charge in [0.2, 0.25) is 0 Å². The van der Waals surface area contributed by atoms with Crippen LogP contribution in [0.4, 0.5) is 0 Å². The van der Waals surface area contributed by atoms with Crippen LogP contribution in [-0.2, 0) is 4.79 Å². The first kappa shape index (κ1) is 15.4. The first-order valence-corrected chi connectivity index (χ1v) is 5.73. The molecule has 0 bridgehead atoms. The third kappa shape index (κ3) is 5.91. The van der Waals surface area contributed by atoms with Crippen molar-refractivity contribution in [3.63, 3.8) is 0 Å². The second-order valence-electron chi connectivity index (χ2n) is 4.15. The molecule has 15 heavy (non-hydrogen) atoms. The summed E-state index contributed by atoms with van der Waals surface area (Å²) in [6, 6.07) is 0.0802. The SMILES string of the molecule is CCC(NC1CCCCCC1)C(=O)O.[NaH]. The van der Waals surface area contributed by atoms with Gasteiger partial charge >= 0.3 is 35.5 Å². The molecule has 3 nitrogen and oxygen atoms in total. The summed E-state index contributed by atoms with van der Waals surface area (Å²) in [5.74, 6) is -0.711. The van der Waals surface area contributed by atoms with Crippen LogP contribution in [0.15, 0.2) is 0 Å². The van der Waals surface area contributed by atoms with Gasteiger partial charge in [-0.05, 0) is 19.3 Å². The summed E-state index contributed by atoms with van der Waals surface area (Å²) in [7, 11) is 0. The van der Waals surface area contributed by atoms with Crippen LogP contribution >= 0.6 is 0 Å². The van der Waals surface area contributed by atoms with E-state index in [0.717, 1.165) is 12.8 Å². The first-order valence-electron chi connectivity index (χ1n) is 5.73. The average Bonchev–Trinajstić information content (AvgIpc) is 2.41. The number of carboxylic acids is 1. The fourth-order valence-electron chi connectivity index (χ4n) is 2.09. The maximum absolute atomic E-state index is 10.8. The quantitative estimate of drug-likeness (QED) is 0.561. The van der Waals surface area contributed by atoms with Crippen molar-refractivity contribution in [1.29, 1.82) is 0 Å². The Labute approximate surface area is 114 Å². The fraction of sp³-hybridized carbons (Fsp3) is 0.909. The van der Waals surface area contributed by atoms with E-state index in [1.54, 1.807) is 0 Å². The molecule has 0 aromatic heterocycles. The number of carboxylic acid groups (broad SMARTS) is 1. The van der Waals surface area contributed by atoms with Crippen LogP contribution in [0.2, 0.25) is 0 Å². The molecule has 0 amide bonds. The first-order chi connectivity index (χ1) is 6.74. The molecule has 0 spiro atoms. The number of nitrogens with one attached hydrogen (secondary N) is 1. The molecule has 0 aliphatic heterocycles. The Bertz CT molecular complexity index is 179. The molecule has 1 unspecified atom stereocenters. The normalized spacial score (nSPS) is 20.1. The second-order valence-corrected chi connectivity index (χ2v) is 4.15. The van der Waals surface area contributed by atoms with Crippen LogP contribution in [-0.4, -0.2) is 52.7 Å². The molecular formula is C11H22NNaO2. The number of hydrogen-bond donors (Lipinski definition) is 2. The minimum atomic E-state index is -0.711. The second kappa shape index (κ2) is 8.57. The Kier molecular flexibility index (Phi) is 8.81. The molecule has 4 heteroatoms. The molecule has 1 fully saturated rings. The van der Waals surface area contributed by atoms with Gasteiger partial charge in [0.15, 0.2) is 0 Å².